The third-order valence-corrected chi connectivity index (χ3v) is 4.51. The van der Waals surface area contributed by atoms with Crippen molar-refractivity contribution in [3.8, 4) is 0 Å². The van der Waals surface area contributed by atoms with Gasteiger partial charge in [0.2, 0.25) is 0 Å². The Bertz CT molecular complexity index is 306. The molecule has 0 heterocycles. The average Bonchev–Trinajstić information content (AvgIpc) is 2.26. The third kappa shape index (κ3) is 2.53. The van der Waals surface area contributed by atoms with Crippen LogP contribution in [0, 0.1) is 6.58 Å². The summed E-state index contributed by atoms with van der Waals surface area (Å²) in [5, 5.41) is 0. The Labute approximate surface area is 98.9 Å². The summed E-state index contributed by atoms with van der Waals surface area (Å²) in [4.78, 5) is 3.97. The van der Waals surface area contributed by atoms with Gasteiger partial charge in [-0.3, -0.25) is 0 Å². The quantitative estimate of drug-likeness (QED) is 0.721. The highest BCUT2D eigenvalue weighted by molar-refractivity contribution is 8.03. The molecule has 75 valence electrons. The van der Waals surface area contributed by atoms with E-state index in [1.807, 2.05) is 0 Å². The van der Waals surface area contributed by atoms with Gasteiger partial charge in [-0.05, 0) is 36.5 Å². The van der Waals surface area contributed by atoms with Crippen LogP contribution in [-0.2, 0) is 0 Å². The molecule has 0 aliphatic rings. The van der Waals surface area contributed by atoms with E-state index in [-0.39, 0.29) is 0 Å². The lowest BCUT2D eigenvalue weighted by Gasteiger charge is -2.11. The molecule has 0 fully saturated rings. The monoisotopic (exact) mass is 241 g/mol. The highest BCUT2D eigenvalue weighted by Crippen LogP contribution is 2.37. The van der Waals surface area contributed by atoms with Gasteiger partial charge in [0, 0.05) is 14.7 Å². The molecule has 3 heteroatoms. The molecule has 14 heavy (non-hydrogen) atoms. The summed E-state index contributed by atoms with van der Waals surface area (Å²) in [6, 6.07) is 4.27. The summed E-state index contributed by atoms with van der Waals surface area (Å²) in [7, 11) is 0. The summed E-state index contributed by atoms with van der Waals surface area (Å²) in [5.41, 5.74) is 1.09. The van der Waals surface area contributed by atoms with Gasteiger partial charge in [0.1, 0.15) is 0 Å². The zero-order chi connectivity index (χ0) is 10.6. The number of hydrogen-bond acceptors (Lipinski definition) is 3. The third-order valence-electron chi connectivity index (χ3n) is 1.88. The first kappa shape index (κ1) is 12.1. The summed E-state index contributed by atoms with van der Waals surface area (Å²) >= 11 is 5.33. The Balaban J connectivity index is 3.31. The second kappa shape index (κ2) is 5.79. The molecule has 0 amide bonds. The molecule has 1 rings (SSSR count). The predicted molar refractivity (Wildman–Crippen MR) is 70.5 cm³/mol. The second-order valence-corrected chi connectivity index (χ2v) is 5.14. The molecule has 0 aromatic heterocycles. The van der Waals surface area contributed by atoms with E-state index in [9.17, 15) is 0 Å². The van der Waals surface area contributed by atoms with Crippen molar-refractivity contribution in [1.82, 2.24) is 0 Å². The van der Waals surface area contributed by atoms with E-state index < -0.39 is 0 Å². The van der Waals surface area contributed by atoms with E-state index in [2.05, 4.69) is 30.9 Å². The Hall–Kier alpha value is 0.01000. The smallest absolute Gasteiger partial charge is 0.0342 e. The van der Waals surface area contributed by atoms with Crippen LogP contribution in [0.4, 0.5) is 0 Å². The Morgan fingerprint density at radius 3 is 1.79 bits per heavy atom. The van der Waals surface area contributed by atoms with Crippen LogP contribution in [0.2, 0.25) is 0 Å². The van der Waals surface area contributed by atoms with Gasteiger partial charge in [0.05, 0.1) is 0 Å². The van der Waals surface area contributed by atoms with Crippen LogP contribution in [0.15, 0.2) is 26.8 Å². The van der Waals surface area contributed by atoms with Gasteiger partial charge in [-0.25, -0.2) is 0 Å². The molecule has 0 saturated carbocycles. The molecule has 0 bridgehead atoms. The standard InChI is InChI=1S/C11H13S3/c1-5-8-6-9(12-2)11(14-4)10(7-8)13-3/h1,5-7H,2-4H3. The lowest BCUT2D eigenvalue weighted by atomic mass is 10.2. The van der Waals surface area contributed by atoms with Crippen molar-refractivity contribution < 1.29 is 0 Å². The normalized spacial score (nSPS) is 10.2. The van der Waals surface area contributed by atoms with Crippen molar-refractivity contribution in [2.24, 2.45) is 0 Å². The molecular formula is C11H13S3. The molecule has 0 N–H and O–H groups in total. The van der Waals surface area contributed by atoms with Crippen molar-refractivity contribution in [3.63, 3.8) is 0 Å². The van der Waals surface area contributed by atoms with Crippen LogP contribution in [0.25, 0.3) is 6.08 Å². The molecule has 0 aliphatic heterocycles. The summed E-state index contributed by atoms with van der Waals surface area (Å²) in [5.74, 6) is 0. The van der Waals surface area contributed by atoms with E-state index in [4.69, 9.17) is 6.58 Å². The first-order chi connectivity index (χ1) is 6.76. The Morgan fingerprint density at radius 1 is 1.00 bits per heavy atom. The first-order valence-corrected chi connectivity index (χ1v) is 7.79. The fourth-order valence-corrected chi connectivity index (χ4v) is 3.88. The predicted octanol–water partition coefficient (Wildman–Crippen LogP) is 4.30. The minimum Gasteiger partial charge on any atom is -0.128 e. The minimum absolute atomic E-state index is 1.09. The van der Waals surface area contributed by atoms with Gasteiger partial charge in [0.15, 0.2) is 0 Å². The van der Waals surface area contributed by atoms with Gasteiger partial charge in [-0.1, -0.05) is 12.7 Å². The lowest BCUT2D eigenvalue weighted by molar-refractivity contribution is 1.12. The van der Waals surface area contributed by atoms with Crippen molar-refractivity contribution >= 4 is 41.4 Å². The maximum absolute atomic E-state index is 5.54. The number of rotatable bonds is 4. The van der Waals surface area contributed by atoms with Crippen LogP contribution in [0.3, 0.4) is 0 Å². The Morgan fingerprint density at radius 2 is 1.50 bits per heavy atom. The second-order valence-electron chi connectivity index (χ2n) is 2.63. The fraction of sp³-hybridized carbons (Fsp3) is 0.273. The van der Waals surface area contributed by atoms with E-state index in [0.717, 1.165) is 5.56 Å². The first-order valence-electron chi connectivity index (χ1n) is 4.11. The zero-order valence-corrected chi connectivity index (χ0v) is 11.0. The number of thioether (sulfide) groups is 3. The molecule has 1 aromatic rings. The van der Waals surface area contributed by atoms with E-state index in [1.165, 1.54) is 14.7 Å². The van der Waals surface area contributed by atoms with Crippen LogP contribution in [-0.4, -0.2) is 18.8 Å². The van der Waals surface area contributed by atoms with Gasteiger partial charge < -0.3 is 0 Å². The molecular weight excluding hydrogens is 228 g/mol. The molecule has 0 unspecified atom stereocenters. The highest BCUT2D eigenvalue weighted by Gasteiger charge is 2.07. The van der Waals surface area contributed by atoms with Gasteiger partial charge >= 0.3 is 0 Å². The number of hydrogen-bond donors (Lipinski definition) is 0. The zero-order valence-electron chi connectivity index (χ0n) is 8.53. The van der Waals surface area contributed by atoms with Crippen LogP contribution in [0.1, 0.15) is 5.56 Å². The molecule has 0 aliphatic carbocycles. The molecule has 1 aromatic carbocycles. The topological polar surface area (TPSA) is 0 Å². The fourth-order valence-electron chi connectivity index (χ4n) is 1.20. The van der Waals surface area contributed by atoms with Crippen molar-refractivity contribution in [3.05, 3.63) is 24.3 Å². The molecule has 0 spiro atoms. The van der Waals surface area contributed by atoms with Gasteiger partial charge in [0.25, 0.3) is 0 Å². The van der Waals surface area contributed by atoms with Gasteiger partial charge in [-0.2, -0.15) is 0 Å². The maximum atomic E-state index is 5.54. The van der Waals surface area contributed by atoms with Crippen LogP contribution >= 0.6 is 35.3 Å². The Kier molecular flexibility index (Phi) is 4.99. The molecule has 0 nitrogen and oxygen atoms in total. The summed E-state index contributed by atoms with van der Waals surface area (Å²) in [6.07, 6.45) is 7.96. The van der Waals surface area contributed by atoms with E-state index in [0.29, 0.717) is 0 Å². The van der Waals surface area contributed by atoms with Crippen LogP contribution < -0.4 is 0 Å². The van der Waals surface area contributed by atoms with E-state index in [1.54, 1.807) is 41.4 Å². The largest absolute Gasteiger partial charge is 0.128 e. The van der Waals surface area contributed by atoms with Crippen molar-refractivity contribution in [2.45, 2.75) is 14.7 Å². The molecule has 0 saturated heterocycles. The molecule has 0 atom stereocenters. The summed E-state index contributed by atoms with van der Waals surface area (Å²) < 4.78 is 0. The number of benzene rings is 1. The SMILES string of the molecule is [CH]=Cc1cc(SC)c(SC)c(SC)c1. The summed E-state index contributed by atoms with van der Waals surface area (Å²) in [6.45, 7) is 5.54. The van der Waals surface area contributed by atoms with E-state index >= 15 is 0 Å². The van der Waals surface area contributed by atoms with Crippen molar-refractivity contribution in [1.29, 1.82) is 0 Å². The average molecular weight is 241 g/mol. The molecule has 1 radical (unpaired) electrons. The lowest BCUT2D eigenvalue weighted by Crippen LogP contribution is -1.84. The van der Waals surface area contributed by atoms with Crippen molar-refractivity contribution in [2.75, 3.05) is 18.8 Å². The van der Waals surface area contributed by atoms with Gasteiger partial charge in [-0.15, -0.1) is 35.3 Å². The highest BCUT2D eigenvalue weighted by atomic mass is 32.2. The van der Waals surface area contributed by atoms with Crippen LogP contribution in [0.5, 0.6) is 0 Å². The minimum atomic E-state index is 1.09. The maximum Gasteiger partial charge on any atom is 0.0342 e.